The summed E-state index contributed by atoms with van der Waals surface area (Å²) in [6.07, 6.45) is 2.82. The van der Waals surface area contributed by atoms with Crippen molar-refractivity contribution in [3.8, 4) is 0 Å². The number of carbonyl (C=O) groups excluding carboxylic acids is 2. The molecule has 7 nitrogen and oxygen atoms in total. The number of benzene rings is 1. The molecular formula is C21H23FN4O3. The van der Waals surface area contributed by atoms with E-state index in [-0.39, 0.29) is 24.2 Å². The van der Waals surface area contributed by atoms with Gasteiger partial charge in [0.1, 0.15) is 18.2 Å². The molecule has 0 atom stereocenters. The summed E-state index contributed by atoms with van der Waals surface area (Å²) < 4.78 is 19.2. The number of halogens is 1. The van der Waals surface area contributed by atoms with E-state index in [1.165, 1.54) is 12.1 Å². The average molecular weight is 398 g/mol. The average Bonchev–Trinajstić information content (AvgIpc) is 2.71. The summed E-state index contributed by atoms with van der Waals surface area (Å²) in [7, 11) is 0. The molecule has 0 aliphatic carbocycles. The Hall–Kier alpha value is -2.87. The fourth-order valence-electron chi connectivity index (χ4n) is 3.95. The zero-order valence-corrected chi connectivity index (χ0v) is 16.5. The third-order valence-corrected chi connectivity index (χ3v) is 5.68. The summed E-state index contributed by atoms with van der Waals surface area (Å²) in [5, 5.41) is 0. The summed E-state index contributed by atoms with van der Waals surface area (Å²) in [6.45, 7) is 5.03. The zero-order valence-electron chi connectivity index (χ0n) is 16.5. The topological polar surface area (TPSA) is 75.6 Å². The van der Waals surface area contributed by atoms with Gasteiger partial charge in [-0.05, 0) is 51.0 Å². The van der Waals surface area contributed by atoms with Crippen LogP contribution in [0.3, 0.4) is 0 Å². The molecule has 8 heteroatoms. The number of piperidine rings is 1. The fourth-order valence-corrected chi connectivity index (χ4v) is 3.95. The summed E-state index contributed by atoms with van der Waals surface area (Å²) in [4.78, 5) is 37.1. The van der Waals surface area contributed by atoms with Gasteiger partial charge in [-0.25, -0.2) is 14.4 Å². The molecule has 1 spiro atoms. The van der Waals surface area contributed by atoms with E-state index in [1.54, 1.807) is 35.1 Å². The van der Waals surface area contributed by atoms with E-state index in [0.29, 0.717) is 55.2 Å². The van der Waals surface area contributed by atoms with Crippen molar-refractivity contribution in [3.05, 3.63) is 53.4 Å². The summed E-state index contributed by atoms with van der Waals surface area (Å²) in [5.41, 5.74) is 1.34. The molecule has 4 rings (SSSR count). The number of hydrogen-bond donors (Lipinski definition) is 0. The molecule has 2 saturated heterocycles. The molecular weight excluding hydrogens is 375 g/mol. The summed E-state index contributed by atoms with van der Waals surface area (Å²) >= 11 is 0. The van der Waals surface area contributed by atoms with Crippen molar-refractivity contribution in [2.45, 2.75) is 32.3 Å². The SMILES string of the molecule is Cc1ncc(C(=O)N2CCC3(CC2)CN(c2ccc(F)cc2)C(=O)CO3)c(C)n1. The number of morpholine rings is 1. The van der Waals surface area contributed by atoms with Gasteiger partial charge in [-0.3, -0.25) is 9.59 Å². The summed E-state index contributed by atoms with van der Waals surface area (Å²) in [6, 6.07) is 5.89. The molecule has 0 unspecified atom stereocenters. The van der Waals surface area contributed by atoms with Crippen LogP contribution < -0.4 is 4.90 Å². The number of amides is 2. The number of rotatable bonds is 2. The lowest BCUT2D eigenvalue weighted by Gasteiger charge is -2.47. The Morgan fingerprint density at radius 2 is 1.86 bits per heavy atom. The van der Waals surface area contributed by atoms with Crippen LogP contribution in [0.15, 0.2) is 30.5 Å². The number of ether oxygens (including phenoxy) is 1. The minimum Gasteiger partial charge on any atom is -0.363 e. The molecule has 0 N–H and O–H groups in total. The van der Waals surface area contributed by atoms with Crippen LogP contribution in [0.2, 0.25) is 0 Å². The Morgan fingerprint density at radius 1 is 1.17 bits per heavy atom. The fraction of sp³-hybridized carbons (Fsp3) is 0.429. The van der Waals surface area contributed by atoms with Gasteiger partial charge in [0, 0.05) is 25.0 Å². The Morgan fingerprint density at radius 3 is 2.52 bits per heavy atom. The number of hydrogen-bond acceptors (Lipinski definition) is 5. The van der Waals surface area contributed by atoms with Crippen molar-refractivity contribution >= 4 is 17.5 Å². The molecule has 0 bridgehead atoms. The first-order valence-electron chi connectivity index (χ1n) is 9.66. The van der Waals surface area contributed by atoms with Gasteiger partial charge < -0.3 is 14.5 Å². The normalized spacial score (nSPS) is 18.9. The van der Waals surface area contributed by atoms with Crippen LogP contribution in [-0.4, -0.2) is 58.5 Å². The molecule has 1 aromatic heterocycles. The van der Waals surface area contributed by atoms with E-state index in [4.69, 9.17) is 4.74 Å². The molecule has 29 heavy (non-hydrogen) atoms. The number of aryl methyl sites for hydroxylation is 2. The minimum absolute atomic E-state index is 0.0176. The highest BCUT2D eigenvalue weighted by molar-refractivity contribution is 5.96. The van der Waals surface area contributed by atoms with E-state index >= 15 is 0 Å². The molecule has 2 aliphatic heterocycles. The molecule has 2 fully saturated rings. The van der Waals surface area contributed by atoms with Crippen molar-refractivity contribution in [2.24, 2.45) is 0 Å². The lowest BCUT2D eigenvalue weighted by atomic mass is 9.88. The van der Waals surface area contributed by atoms with E-state index in [1.807, 2.05) is 6.92 Å². The predicted molar refractivity (Wildman–Crippen MR) is 104 cm³/mol. The van der Waals surface area contributed by atoms with Gasteiger partial charge in [-0.15, -0.1) is 0 Å². The maximum Gasteiger partial charge on any atom is 0.257 e. The number of likely N-dealkylation sites (tertiary alicyclic amines) is 1. The molecule has 3 heterocycles. The molecule has 1 aromatic carbocycles. The van der Waals surface area contributed by atoms with Crippen LogP contribution in [0.4, 0.5) is 10.1 Å². The highest BCUT2D eigenvalue weighted by Crippen LogP contribution is 2.33. The Bertz CT molecular complexity index is 939. The standard InChI is InChI=1S/C21H23FN4O3/c1-14-18(11-23-15(2)24-14)20(28)25-9-7-21(8-10-25)13-26(19(27)12-29-21)17-5-3-16(22)4-6-17/h3-6,11H,7-10,12-13H2,1-2H3. The number of aromatic nitrogens is 2. The predicted octanol–water partition coefficient (Wildman–Crippen LogP) is 2.27. The highest BCUT2D eigenvalue weighted by atomic mass is 19.1. The van der Waals surface area contributed by atoms with Crippen molar-refractivity contribution < 1.29 is 18.7 Å². The van der Waals surface area contributed by atoms with Crippen LogP contribution in [0.25, 0.3) is 0 Å². The zero-order chi connectivity index (χ0) is 20.6. The second-order valence-corrected chi connectivity index (χ2v) is 7.64. The molecule has 2 aliphatic rings. The molecule has 0 radical (unpaired) electrons. The monoisotopic (exact) mass is 398 g/mol. The first-order valence-corrected chi connectivity index (χ1v) is 9.66. The van der Waals surface area contributed by atoms with Crippen molar-refractivity contribution in [1.29, 1.82) is 0 Å². The van der Waals surface area contributed by atoms with Crippen molar-refractivity contribution in [1.82, 2.24) is 14.9 Å². The quantitative estimate of drug-likeness (QED) is 0.776. The number of carbonyl (C=O) groups is 2. The van der Waals surface area contributed by atoms with Crippen LogP contribution in [-0.2, 0) is 9.53 Å². The maximum absolute atomic E-state index is 13.2. The molecule has 2 aromatic rings. The van der Waals surface area contributed by atoms with E-state index < -0.39 is 5.60 Å². The Kier molecular flexibility index (Phi) is 5.04. The van der Waals surface area contributed by atoms with E-state index in [2.05, 4.69) is 9.97 Å². The maximum atomic E-state index is 13.2. The van der Waals surface area contributed by atoms with Gasteiger partial charge in [0.2, 0.25) is 0 Å². The van der Waals surface area contributed by atoms with Crippen LogP contribution in [0, 0.1) is 19.7 Å². The van der Waals surface area contributed by atoms with Crippen LogP contribution in [0.5, 0.6) is 0 Å². The van der Waals surface area contributed by atoms with Gasteiger partial charge in [0.05, 0.1) is 23.4 Å². The largest absolute Gasteiger partial charge is 0.363 e. The smallest absolute Gasteiger partial charge is 0.257 e. The molecule has 0 saturated carbocycles. The van der Waals surface area contributed by atoms with Gasteiger partial charge in [0.25, 0.3) is 11.8 Å². The Labute approximate surface area is 168 Å². The molecule has 152 valence electrons. The van der Waals surface area contributed by atoms with Gasteiger partial charge in [-0.2, -0.15) is 0 Å². The third kappa shape index (κ3) is 3.85. The van der Waals surface area contributed by atoms with Gasteiger partial charge in [0.15, 0.2) is 0 Å². The first-order chi connectivity index (χ1) is 13.9. The second-order valence-electron chi connectivity index (χ2n) is 7.64. The lowest BCUT2D eigenvalue weighted by Crippen LogP contribution is -2.59. The highest BCUT2D eigenvalue weighted by Gasteiger charge is 2.43. The van der Waals surface area contributed by atoms with Crippen molar-refractivity contribution in [2.75, 3.05) is 31.1 Å². The second kappa shape index (κ2) is 7.51. The number of nitrogens with zero attached hydrogens (tertiary/aromatic N) is 4. The first kappa shape index (κ1) is 19.4. The van der Waals surface area contributed by atoms with E-state index in [0.717, 1.165) is 0 Å². The molecule has 2 amide bonds. The van der Waals surface area contributed by atoms with E-state index in [9.17, 15) is 14.0 Å². The minimum atomic E-state index is -0.502. The van der Waals surface area contributed by atoms with Crippen molar-refractivity contribution in [3.63, 3.8) is 0 Å². The third-order valence-electron chi connectivity index (χ3n) is 5.68. The van der Waals surface area contributed by atoms with Gasteiger partial charge >= 0.3 is 0 Å². The van der Waals surface area contributed by atoms with Gasteiger partial charge in [-0.1, -0.05) is 0 Å². The lowest BCUT2D eigenvalue weighted by molar-refractivity contribution is -0.143. The van der Waals surface area contributed by atoms with Crippen LogP contribution in [0.1, 0.15) is 34.7 Å². The van der Waals surface area contributed by atoms with Crippen LogP contribution >= 0.6 is 0 Å². The summed E-state index contributed by atoms with van der Waals surface area (Å²) in [5.74, 6) is 0.0666. The number of anilines is 1. The Balaban J connectivity index is 1.46.